The zero-order valence-corrected chi connectivity index (χ0v) is 13.3. The second kappa shape index (κ2) is 4.96. The van der Waals surface area contributed by atoms with Gasteiger partial charge in [0, 0.05) is 16.0 Å². The Morgan fingerprint density at radius 3 is 2.90 bits per heavy atom. The lowest BCUT2D eigenvalue weighted by atomic mass is 10.2. The number of hydrogen-bond acceptors (Lipinski definition) is 5. The minimum Gasteiger partial charge on any atom is -0.454 e. The molecule has 1 aromatic carbocycles. The lowest BCUT2D eigenvalue weighted by Crippen LogP contribution is -1.97. The van der Waals surface area contributed by atoms with E-state index in [1.54, 1.807) is 10.9 Å². The molecule has 6 nitrogen and oxygen atoms in total. The second-order valence-corrected chi connectivity index (χ2v) is 6.19. The van der Waals surface area contributed by atoms with Gasteiger partial charge < -0.3 is 9.47 Å². The Morgan fingerprint density at radius 2 is 2.14 bits per heavy atom. The highest BCUT2D eigenvalue weighted by molar-refractivity contribution is 9.10. The summed E-state index contributed by atoms with van der Waals surface area (Å²) in [4.78, 5) is 0. The normalized spacial score (nSPS) is 16.8. The zero-order valence-electron chi connectivity index (χ0n) is 10.9. The van der Waals surface area contributed by atoms with Crippen molar-refractivity contribution >= 4 is 34.4 Å². The molecule has 2 aliphatic rings. The molecule has 1 aromatic heterocycles. The summed E-state index contributed by atoms with van der Waals surface area (Å²) in [5, 5.41) is 11.5. The largest absolute Gasteiger partial charge is 0.454 e. The molecule has 0 atom stereocenters. The summed E-state index contributed by atoms with van der Waals surface area (Å²) < 4.78 is 13.8. The summed E-state index contributed by atoms with van der Waals surface area (Å²) in [6.07, 6.45) is 4.02. The van der Waals surface area contributed by atoms with E-state index in [0.29, 0.717) is 10.7 Å². The van der Waals surface area contributed by atoms with Crippen LogP contribution in [0.5, 0.6) is 11.5 Å². The number of aromatic amines is 1. The van der Waals surface area contributed by atoms with Crippen LogP contribution in [0.15, 0.2) is 21.7 Å². The Labute approximate surface area is 133 Å². The van der Waals surface area contributed by atoms with Crippen LogP contribution in [0.1, 0.15) is 30.1 Å². The Hall–Kier alpha value is -1.67. The molecule has 0 bridgehead atoms. The lowest BCUT2D eigenvalue weighted by Gasteiger charge is -2.02. The number of ether oxygens (including phenoxy) is 2. The topological polar surface area (TPSA) is 64.4 Å². The van der Waals surface area contributed by atoms with Gasteiger partial charge in [0.15, 0.2) is 17.3 Å². The molecular formula is C13H11BrN4O2S. The van der Waals surface area contributed by atoms with E-state index in [2.05, 4.69) is 31.2 Å². The molecule has 0 unspecified atom stereocenters. The van der Waals surface area contributed by atoms with E-state index in [9.17, 15) is 0 Å². The van der Waals surface area contributed by atoms with Crippen molar-refractivity contribution in [2.24, 2.45) is 5.10 Å². The molecule has 0 spiro atoms. The molecule has 1 saturated carbocycles. The van der Waals surface area contributed by atoms with Crippen molar-refractivity contribution in [2.45, 2.75) is 18.8 Å². The van der Waals surface area contributed by atoms with Gasteiger partial charge in [0.05, 0.1) is 6.21 Å². The highest BCUT2D eigenvalue weighted by atomic mass is 79.9. The molecule has 0 saturated heterocycles. The number of halogens is 1. The Bertz CT molecular complexity index is 794. The number of rotatable bonds is 3. The highest BCUT2D eigenvalue weighted by Crippen LogP contribution is 2.39. The lowest BCUT2D eigenvalue weighted by molar-refractivity contribution is 0.174. The van der Waals surface area contributed by atoms with Gasteiger partial charge in [-0.1, -0.05) is 0 Å². The summed E-state index contributed by atoms with van der Waals surface area (Å²) in [6.45, 7) is 0.251. The number of hydrogen-bond donors (Lipinski definition) is 1. The molecule has 0 amide bonds. The summed E-state index contributed by atoms with van der Waals surface area (Å²) >= 11 is 8.73. The standard InChI is InChI=1S/C13H11BrN4O2S/c14-9-4-11-10(19-6-20-11)3-8(9)5-15-18-12(7-1-2-7)16-17-13(18)21/h3-5,7H,1-2,6H2,(H,17,21)/b15-5-. The minimum atomic E-state index is 0.251. The SMILES string of the molecule is S=c1[nH]nc(C2CC2)n1/N=C\c1cc2c(cc1Br)OCO2. The smallest absolute Gasteiger partial charge is 0.231 e. The van der Waals surface area contributed by atoms with Crippen LogP contribution in [0.25, 0.3) is 0 Å². The number of fused-ring (bicyclic) bond motifs is 1. The van der Waals surface area contributed by atoms with E-state index < -0.39 is 0 Å². The molecule has 4 rings (SSSR count). The Balaban J connectivity index is 1.70. The van der Waals surface area contributed by atoms with Crippen molar-refractivity contribution in [1.29, 1.82) is 0 Å². The van der Waals surface area contributed by atoms with Gasteiger partial charge in [-0.25, -0.2) is 0 Å². The quantitative estimate of drug-likeness (QED) is 0.669. The molecule has 108 valence electrons. The maximum atomic E-state index is 5.38. The Kier molecular flexibility index (Phi) is 3.07. The van der Waals surface area contributed by atoms with Crippen molar-refractivity contribution in [3.8, 4) is 11.5 Å². The van der Waals surface area contributed by atoms with E-state index in [0.717, 1.165) is 40.2 Å². The molecule has 21 heavy (non-hydrogen) atoms. The summed E-state index contributed by atoms with van der Waals surface area (Å²) in [5.41, 5.74) is 0.893. The second-order valence-electron chi connectivity index (χ2n) is 4.94. The summed E-state index contributed by atoms with van der Waals surface area (Å²) in [6, 6.07) is 3.76. The van der Waals surface area contributed by atoms with Crippen LogP contribution in [0.4, 0.5) is 0 Å². The third kappa shape index (κ3) is 2.38. The predicted octanol–water partition coefficient (Wildman–Crippen LogP) is 3.19. The predicted molar refractivity (Wildman–Crippen MR) is 82.6 cm³/mol. The molecule has 0 radical (unpaired) electrons. The van der Waals surface area contributed by atoms with Gasteiger partial charge in [-0.2, -0.15) is 14.9 Å². The first-order chi connectivity index (χ1) is 10.2. The van der Waals surface area contributed by atoms with E-state index in [1.165, 1.54) is 0 Å². The first-order valence-corrected chi connectivity index (χ1v) is 7.73. The maximum Gasteiger partial charge on any atom is 0.231 e. The first-order valence-electron chi connectivity index (χ1n) is 6.53. The van der Waals surface area contributed by atoms with E-state index >= 15 is 0 Å². The van der Waals surface area contributed by atoms with Gasteiger partial charge in [-0.05, 0) is 53.1 Å². The maximum absolute atomic E-state index is 5.38. The van der Waals surface area contributed by atoms with Crippen molar-refractivity contribution in [3.63, 3.8) is 0 Å². The van der Waals surface area contributed by atoms with Gasteiger partial charge in [0.25, 0.3) is 0 Å². The summed E-state index contributed by atoms with van der Waals surface area (Å²) in [7, 11) is 0. The van der Waals surface area contributed by atoms with Crippen LogP contribution in [-0.2, 0) is 0 Å². The molecule has 1 aliphatic carbocycles. The zero-order chi connectivity index (χ0) is 14.4. The number of H-pyrrole nitrogens is 1. The van der Waals surface area contributed by atoms with Gasteiger partial charge >= 0.3 is 0 Å². The van der Waals surface area contributed by atoms with Gasteiger partial charge in [0.2, 0.25) is 11.6 Å². The molecule has 8 heteroatoms. The van der Waals surface area contributed by atoms with Crippen molar-refractivity contribution < 1.29 is 9.47 Å². The highest BCUT2D eigenvalue weighted by Gasteiger charge is 2.29. The molecule has 2 heterocycles. The first kappa shape index (κ1) is 13.0. The fourth-order valence-electron chi connectivity index (χ4n) is 2.17. The van der Waals surface area contributed by atoms with Crippen LogP contribution < -0.4 is 9.47 Å². The molecule has 1 fully saturated rings. The number of nitrogens with zero attached hydrogens (tertiary/aromatic N) is 3. The van der Waals surface area contributed by atoms with Crippen LogP contribution in [0.3, 0.4) is 0 Å². The summed E-state index contributed by atoms with van der Waals surface area (Å²) in [5.74, 6) is 2.82. The average molecular weight is 367 g/mol. The molecule has 2 aromatic rings. The van der Waals surface area contributed by atoms with E-state index in [4.69, 9.17) is 21.7 Å². The van der Waals surface area contributed by atoms with Gasteiger partial charge in [-0.3, -0.25) is 5.10 Å². The van der Waals surface area contributed by atoms with Gasteiger partial charge in [0.1, 0.15) is 0 Å². The van der Waals surface area contributed by atoms with Crippen molar-refractivity contribution in [3.05, 3.63) is 32.8 Å². The van der Waals surface area contributed by atoms with Crippen LogP contribution in [-0.4, -0.2) is 27.9 Å². The number of nitrogens with one attached hydrogen (secondary N) is 1. The number of benzene rings is 1. The number of aromatic nitrogens is 3. The van der Waals surface area contributed by atoms with Gasteiger partial charge in [-0.15, -0.1) is 0 Å². The fourth-order valence-corrected chi connectivity index (χ4v) is 2.78. The molecule has 1 aliphatic heterocycles. The van der Waals surface area contributed by atoms with Crippen molar-refractivity contribution in [2.75, 3.05) is 6.79 Å². The molecule has 1 N–H and O–H groups in total. The molecular weight excluding hydrogens is 356 g/mol. The fraction of sp³-hybridized carbons (Fsp3) is 0.308. The third-order valence-corrected chi connectivity index (χ3v) is 4.37. The van der Waals surface area contributed by atoms with E-state index in [-0.39, 0.29) is 6.79 Å². The Morgan fingerprint density at radius 1 is 1.38 bits per heavy atom. The van der Waals surface area contributed by atoms with Crippen LogP contribution in [0, 0.1) is 4.77 Å². The third-order valence-electron chi connectivity index (χ3n) is 3.42. The van der Waals surface area contributed by atoms with Crippen LogP contribution >= 0.6 is 28.1 Å². The van der Waals surface area contributed by atoms with Crippen molar-refractivity contribution in [1.82, 2.24) is 14.9 Å². The monoisotopic (exact) mass is 366 g/mol. The minimum absolute atomic E-state index is 0.251. The average Bonchev–Trinajstić information content (AvgIpc) is 3.10. The van der Waals surface area contributed by atoms with Crippen LogP contribution in [0.2, 0.25) is 0 Å². The van der Waals surface area contributed by atoms with E-state index in [1.807, 2.05) is 12.1 Å².